The molecule has 0 unspecified atom stereocenters. The van der Waals surface area contributed by atoms with E-state index in [0.717, 1.165) is 53.7 Å². The van der Waals surface area contributed by atoms with Gasteiger partial charge in [0.1, 0.15) is 54.7 Å². The van der Waals surface area contributed by atoms with E-state index in [0.29, 0.717) is 68.3 Å². The number of H-pyrrole nitrogens is 2. The minimum Gasteiger partial charge on any atom is -0.394 e. The van der Waals surface area contributed by atoms with Crippen LogP contribution < -0.4 is 75.7 Å². The van der Waals surface area contributed by atoms with Crippen LogP contribution in [0.2, 0.25) is 0 Å². The van der Waals surface area contributed by atoms with Crippen LogP contribution in [0.3, 0.4) is 0 Å². The number of nitrogens with one attached hydrogen (secondary N) is 13. The Hall–Kier alpha value is -11.8. The smallest absolute Gasteiger partial charge is 0.246 e. The number of aliphatic hydroxyl groups is 2. The maximum Gasteiger partial charge on any atom is 0.246 e. The molecular weight excluding hydrogens is 1720 g/mol. The molecule has 21 N–H and O–H groups in total. The number of aliphatic imine (C=N–C) groups is 2. The first kappa shape index (κ1) is 108. The number of carbonyl (C=O) groups excluding carboxylic acids is 15. The summed E-state index contributed by atoms with van der Waals surface area (Å²) in [5.74, 6) is -9.82. The van der Waals surface area contributed by atoms with Gasteiger partial charge in [-0.1, -0.05) is 163 Å². The molecule has 3 aliphatic heterocycles. The number of ketones is 3. The zero-order chi connectivity index (χ0) is 96.1. The van der Waals surface area contributed by atoms with Gasteiger partial charge in [-0.3, -0.25) is 81.9 Å². The number of carbonyl (C=O) groups is 15. The number of aromatic nitrogens is 5. The van der Waals surface area contributed by atoms with E-state index >= 15 is 4.79 Å². The van der Waals surface area contributed by atoms with Crippen LogP contribution in [0.1, 0.15) is 236 Å². The number of benzene rings is 2. The van der Waals surface area contributed by atoms with Crippen LogP contribution in [0.15, 0.2) is 82.6 Å². The number of amides is 12. The van der Waals surface area contributed by atoms with Gasteiger partial charge in [0.2, 0.25) is 70.9 Å². The number of fused-ring (bicyclic) bond motifs is 2. The largest absolute Gasteiger partial charge is 0.394 e. The SMILES string of the molecule is CCCC[C@H](NC(=O)[C@@H](N)CCCC(=O)[C@H](CC1=CCC=N1)NC(=O)[C@@H](CO)NC(=O)CNC(=O)CNC(=O)COCCOCCNC(=O)CCCCCCCCCCCCCCCc1nn[nH]n1)C(=O)N[C@H]1CCC(=O)CCCCC[C@@H](C(C)=O)NC(=O)[C@H](Cc2c[nH]c3ccccc23)NC(=O)[C@H](CCCN=C(N)N)NC(=O)[C@@H](Cc2ccccc2)NC(=O)[C@@H]2C[C@@H](O)CN2C1=O. The molecule has 732 valence electrons. The van der Waals surface area contributed by atoms with E-state index in [1.165, 1.54) is 64.7 Å². The van der Waals surface area contributed by atoms with Gasteiger partial charge in [0.15, 0.2) is 23.4 Å². The van der Waals surface area contributed by atoms with Crippen molar-refractivity contribution in [3.05, 3.63) is 89.5 Å². The van der Waals surface area contributed by atoms with Crippen LogP contribution in [0, 0.1) is 0 Å². The van der Waals surface area contributed by atoms with Crippen molar-refractivity contribution in [1.82, 2.24) is 89.0 Å². The summed E-state index contributed by atoms with van der Waals surface area (Å²) in [6.45, 7) is 0.987. The Labute approximate surface area is 775 Å². The third-order valence-electron chi connectivity index (χ3n) is 23.4. The molecule has 0 bridgehead atoms. The number of para-hydroxylation sites is 1. The van der Waals surface area contributed by atoms with Crippen molar-refractivity contribution in [1.29, 1.82) is 0 Å². The highest BCUT2D eigenvalue weighted by atomic mass is 16.5. The standard InChI is InChI=1S/C92H140N22O19/c1-3-4-35-70(104-84(124)67(93)34-26-39-78(119)73(52-63-31-27-44-96-63)107-89(129)76(58-115)102-82(122)56-100-81(121)55-101-83(123)59-133-49-48-132-47-46-97-80(120)41-23-15-13-11-9-7-5-6-8-10-12-14-22-40-79-110-112-113-111-79)85(125)106-72-43-42-64(117)32-20-17-21-36-68(60(2)116)103-88(128)75(51-62-54-99-69-37-25-24-33-66(62)69)108-86(126)71(38-28-45-98-92(94)95)105-87(127)74(50-61-29-18-16-19-30-61)109-90(130)77-53-65(118)57-114(77)91(72)131/h16,18-19,24-25,29-31,33,37,44,54,65,67-68,70-77,99,115,118H,3-15,17,20-23,26-28,32,34-36,38-43,45-53,55-59,93H2,1-2H3,(H,97,120)(H,100,121)(H,101,123)(H,102,122)(H,103,128)(H,104,124)(H,105,127)(H,106,125)(H,107,129)(H,108,126)(H,109,130)(H4,94,95,98)(H,110,111,112,113)/t65-,67+,68+,70+,71+,72+,73+,74-,75+,76-,77+/m1/s1. The van der Waals surface area contributed by atoms with Crippen molar-refractivity contribution >= 4 is 111 Å². The summed E-state index contributed by atoms with van der Waals surface area (Å²) < 4.78 is 10.8. The second-order valence-corrected chi connectivity index (χ2v) is 34.2. The van der Waals surface area contributed by atoms with Gasteiger partial charge in [0.25, 0.3) is 0 Å². The molecule has 11 atom stereocenters. The van der Waals surface area contributed by atoms with E-state index in [2.05, 4.69) is 94.1 Å². The van der Waals surface area contributed by atoms with Crippen LogP contribution in [-0.4, -0.2) is 273 Å². The highest BCUT2D eigenvalue weighted by Crippen LogP contribution is 2.25. The molecule has 0 aliphatic carbocycles. The molecule has 0 radical (unpaired) electrons. The van der Waals surface area contributed by atoms with Gasteiger partial charge in [-0.05, 0) is 88.3 Å². The number of unbranched alkanes of at least 4 members (excludes halogenated alkanes) is 13. The van der Waals surface area contributed by atoms with E-state index < -0.39 is 170 Å². The normalized spacial score (nSPS) is 19.2. The van der Waals surface area contributed by atoms with Crippen molar-refractivity contribution in [3.8, 4) is 0 Å². The predicted molar refractivity (Wildman–Crippen MR) is 494 cm³/mol. The molecule has 7 rings (SSSR count). The summed E-state index contributed by atoms with van der Waals surface area (Å²) >= 11 is 0. The Morgan fingerprint density at radius 2 is 1.29 bits per heavy atom. The first-order valence-corrected chi connectivity index (χ1v) is 47.0. The number of allylic oxidation sites excluding steroid dienone is 1. The fourth-order valence-corrected chi connectivity index (χ4v) is 15.8. The Kier molecular flexibility index (Phi) is 49.7. The number of nitrogens with zero attached hydrogens (tertiary/aromatic N) is 6. The number of ether oxygens (including phenoxy) is 2. The summed E-state index contributed by atoms with van der Waals surface area (Å²) in [7, 11) is 0. The van der Waals surface area contributed by atoms with Crippen molar-refractivity contribution in [3.63, 3.8) is 0 Å². The molecule has 41 nitrogen and oxygen atoms in total. The van der Waals surface area contributed by atoms with Crippen molar-refractivity contribution in [2.24, 2.45) is 27.2 Å². The molecule has 0 saturated carbocycles. The Morgan fingerprint density at radius 3 is 1.99 bits per heavy atom. The number of nitrogens with two attached hydrogens (primary N) is 3. The van der Waals surface area contributed by atoms with Crippen molar-refractivity contribution in [2.45, 2.75) is 305 Å². The number of tetrazole rings is 1. The molecule has 4 aromatic rings. The average molecular weight is 1860 g/mol. The molecule has 12 amide bonds. The zero-order valence-corrected chi connectivity index (χ0v) is 76.8. The maximum absolute atomic E-state index is 15.2. The number of aliphatic hydroxyl groups excluding tert-OH is 2. The fourth-order valence-electron chi connectivity index (χ4n) is 15.8. The molecule has 2 saturated heterocycles. The number of Topliss-reactive ketones (excluding diaryl/α,β-unsaturated/α-hetero) is 3. The van der Waals surface area contributed by atoms with Crippen LogP contribution in [0.5, 0.6) is 0 Å². The first-order chi connectivity index (χ1) is 64.2. The van der Waals surface area contributed by atoms with Gasteiger partial charge in [-0.25, -0.2) is 0 Å². The monoisotopic (exact) mass is 1860 g/mol. The molecule has 0 spiro atoms. The third kappa shape index (κ3) is 41.5. The lowest BCUT2D eigenvalue weighted by Crippen LogP contribution is -2.60. The number of guanidine groups is 1. The van der Waals surface area contributed by atoms with Gasteiger partial charge in [0, 0.05) is 113 Å². The van der Waals surface area contributed by atoms with Gasteiger partial charge >= 0.3 is 0 Å². The minimum absolute atomic E-state index is 0.00266. The minimum atomic E-state index is -1.61. The van der Waals surface area contributed by atoms with Crippen LogP contribution in [-0.2, 0) is 101 Å². The van der Waals surface area contributed by atoms with Crippen LogP contribution in [0.25, 0.3) is 10.9 Å². The first-order valence-electron chi connectivity index (χ1n) is 47.0. The molecule has 5 heterocycles. The van der Waals surface area contributed by atoms with Crippen LogP contribution in [0.4, 0.5) is 0 Å². The van der Waals surface area contributed by atoms with E-state index in [1.807, 2.05) is 31.2 Å². The number of rotatable bonds is 55. The fraction of sp³-hybridized carbons (Fsp3) is 0.630. The second-order valence-electron chi connectivity index (χ2n) is 34.2. The summed E-state index contributed by atoms with van der Waals surface area (Å²) in [5.41, 5.74) is 20.2. The Bertz CT molecular complexity index is 4470. The molecular formula is C92H140N22O19. The van der Waals surface area contributed by atoms with E-state index in [1.54, 1.807) is 48.8 Å². The third-order valence-corrected chi connectivity index (χ3v) is 23.4. The van der Waals surface area contributed by atoms with Gasteiger partial charge in [0.05, 0.1) is 63.7 Å². The maximum atomic E-state index is 15.2. The van der Waals surface area contributed by atoms with E-state index in [4.69, 9.17) is 26.7 Å². The summed E-state index contributed by atoms with van der Waals surface area (Å²) in [5, 5.41) is 65.5. The Morgan fingerprint density at radius 1 is 0.632 bits per heavy atom. The van der Waals surface area contributed by atoms with Gasteiger partial charge < -0.3 is 105 Å². The van der Waals surface area contributed by atoms with Gasteiger partial charge in [-0.2, -0.15) is 5.21 Å². The zero-order valence-electron chi connectivity index (χ0n) is 76.8. The topological polar surface area (TPSA) is 624 Å². The predicted octanol–water partition coefficient (Wildman–Crippen LogP) is 1.35. The molecule has 2 fully saturated rings. The summed E-state index contributed by atoms with van der Waals surface area (Å²) in [4.78, 5) is 221. The lowest BCUT2D eigenvalue weighted by molar-refractivity contribution is -0.143. The molecule has 133 heavy (non-hydrogen) atoms. The molecule has 2 aromatic carbocycles. The van der Waals surface area contributed by atoms with E-state index in [-0.39, 0.29) is 140 Å². The number of hydrogen-bond donors (Lipinski definition) is 18. The van der Waals surface area contributed by atoms with Crippen molar-refractivity contribution in [2.75, 3.05) is 65.8 Å². The molecule has 41 heteroatoms. The van der Waals surface area contributed by atoms with Crippen LogP contribution >= 0.6 is 0 Å². The quantitative estimate of drug-likeness (QED) is 0.0168. The highest BCUT2D eigenvalue weighted by Gasteiger charge is 2.44. The number of hydrogen-bond acceptors (Lipinski definition) is 25. The number of aromatic amines is 2. The lowest BCUT2D eigenvalue weighted by Gasteiger charge is -2.31. The lowest BCUT2D eigenvalue weighted by atomic mass is 9.99. The highest BCUT2D eigenvalue weighted by molar-refractivity contribution is 6.00. The Balaban J connectivity index is 0.880. The van der Waals surface area contributed by atoms with E-state index in [9.17, 15) is 77.3 Å². The van der Waals surface area contributed by atoms with Gasteiger partial charge in [-0.15, -0.1) is 10.2 Å². The summed E-state index contributed by atoms with van der Waals surface area (Å²) in [6.07, 6.45) is 21.1. The average Bonchev–Trinajstić information content (AvgIpc) is 1.40. The second kappa shape index (κ2) is 61.1. The summed E-state index contributed by atoms with van der Waals surface area (Å²) in [6, 6.07) is 2.10. The molecule has 2 aromatic heterocycles. The van der Waals surface area contributed by atoms with Crippen molar-refractivity contribution < 1.29 is 91.6 Å². The number of aryl methyl sites for hydroxylation is 1. The molecule has 3 aliphatic rings.